The van der Waals surface area contributed by atoms with Gasteiger partial charge in [-0.2, -0.15) is 0 Å². The molecule has 3 rings (SSSR count). The number of halogens is 1. The molecule has 0 bridgehead atoms. The Labute approximate surface area is 171 Å². The Morgan fingerprint density at radius 2 is 1.90 bits per heavy atom. The van der Waals surface area contributed by atoms with Crippen molar-refractivity contribution in [2.45, 2.75) is 6.54 Å². The summed E-state index contributed by atoms with van der Waals surface area (Å²) in [7, 11) is 1.48. The lowest BCUT2D eigenvalue weighted by atomic mass is 10.2. The van der Waals surface area contributed by atoms with E-state index >= 15 is 0 Å². The van der Waals surface area contributed by atoms with E-state index in [4.69, 9.17) is 15.2 Å². The molecule has 1 aromatic heterocycles. The SMILES string of the molecule is COc1cc(CNC(=O)c2ccc(-c3ccccc3F)s2)ccc1OCC(N)=O. The fourth-order valence-electron chi connectivity index (χ4n) is 2.63. The fraction of sp³-hybridized carbons (Fsp3) is 0.143. The molecule has 0 fully saturated rings. The lowest BCUT2D eigenvalue weighted by Crippen LogP contribution is -2.22. The van der Waals surface area contributed by atoms with Gasteiger partial charge < -0.3 is 20.5 Å². The smallest absolute Gasteiger partial charge is 0.261 e. The third-order valence-corrected chi connectivity index (χ3v) is 5.14. The molecule has 0 radical (unpaired) electrons. The van der Waals surface area contributed by atoms with Gasteiger partial charge in [-0.15, -0.1) is 11.3 Å². The third kappa shape index (κ3) is 5.11. The molecule has 2 aromatic carbocycles. The van der Waals surface area contributed by atoms with Crippen molar-refractivity contribution in [1.82, 2.24) is 5.32 Å². The van der Waals surface area contributed by atoms with E-state index in [9.17, 15) is 14.0 Å². The normalized spacial score (nSPS) is 10.4. The molecule has 0 saturated heterocycles. The van der Waals surface area contributed by atoms with Gasteiger partial charge in [-0.05, 0) is 35.9 Å². The maximum Gasteiger partial charge on any atom is 0.261 e. The van der Waals surface area contributed by atoms with Gasteiger partial charge in [-0.1, -0.05) is 24.3 Å². The van der Waals surface area contributed by atoms with Crippen LogP contribution in [-0.4, -0.2) is 25.5 Å². The van der Waals surface area contributed by atoms with Gasteiger partial charge in [0.1, 0.15) is 5.82 Å². The topological polar surface area (TPSA) is 90.7 Å². The quantitative estimate of drug-likeness (QED) is 0.591. The number of rotatable bonds is 8. The number of nitrogens with two attached hydrogens (primary N) is 1. The van der Waals surface area contributed by atoms with Gasteiger partial charge in [0.15, 0.2) is 18.1 Å². The molecule has 0 aliphatic rings. The Balaban J connectivity index is 1.65. The van der Waals surface area contributed by atoms with Crippen LogP contribution in [0.3, 0.4) is 0 Å². The van der Waals surface area contributed by atoms with Crippen molar-refractivity contribution in [3.63, 3.8) is 0 Å². The molecule has 3 aromatic rings. The molecular weight excluding hydrogens is 395 g/mol. The summed E-state index contributed by atoms with van der Waals surface area (Å²) in [5.74, 6) is -0.364. The highest BCUT2D eigenvalue weighted by Crippen LogP contribution is 2.30. The highest BCUT2D eigenvalue weighted by molar-refractivity contribution is 7.17. The van der Waals surface area contributed by atoms with Gasteiger partial charge in [0, 0.05) is 17.0 Å². The van der Waals surface area contributed by atoms with E-state index in [1.807, 2.05) is 0 Å². The standard InChI is InChI=1S/C21H19FN2O4S/c1-27-17-10-13(6-7-16(17)28-12-20(23)25)11-24-21(26)19-9-8-18(29-19)14-4-2-3-5-15(14)22/h2-10H,11-12H2,1H3,(H2,23,25)(H,24,26). The second kappa shape index (κ2) is 9.20. The Hall–Kier alpha value is -3.39. The average Bonchev–Trinajstić information content (AvgIpc) is 3.21. The summed E-state index contributed by atoms with van der Waals surface area (Å²) in [4.78, 5) is 24.5. The van der Waals surface area contributed by atoms with Crippen LogP contribution in [0.1, 0.15) is 15.2 Å². The van der Waals surface area contributed by atoms with Crippen molar-refractivity contribution < 1.29 is 23.5 Å². The molecule has 0 saturated carbocycles. The Kier molecular flexibility index (Phi) is 6.46. The van der Waals surface area contributed by atoms with Crippen LogP contribution < -0.4 is 20.5 Å². The van der Waals surface area contributed by atoms with Crippen molar-refractivity contribution in [2.24, 2.45) is 5.73 Å². The van der Waals surface area contributed by atoms with Crippen LogP contribution in [0.2, 0.25) is 0 Å². The average molecular weight is 414 g/mol. The van der Waals surface area contributed by atoms with E-state index in [0.717, 1.165) is 5.56 Å². The summed E-state index contributed by atoms with van der Waals surface area (Å²) in [6.45, 7) is 0.00733. The number of carbonyl (C=O) groups excluding carboxylic acids is 2. The van der Waals surface area contributed by atoms with Crippen molar-refractivity contribution in [3.8, 4) is 21.9 Å². The molecule has 150 valence electrons. The lowest BCUT2D eigenvalue weighted by Gasteiger charge is -2.11. The summed E-state index contributed by atoms with van der Waals surface area (Å²) < 4.78 is 24.4. The van der Waals surface area contributed by atoms with Gasteiger partial charge >= 0.3 is 0 Å². The van der Waals surface area contributed by atoms with Gasteiger partial charge in [-0.3, -0.25) is 9.59 Å². The molecule has 1 heterocycles. The van der Waals surface area contributed by atoms with Crippen LogP contribution in [0.15, 0.2) is 54.6 Å². The second-order valence-electron chi connectivity index (χ2n) is 6.07. The first-order valence-corrected chi connectivity index (χ1v) is 9.50. The van der Waals surface area contributed by atoms with Crippen LogP contribution >= 0.6 is 11.3 Å². The summed E-state index contributed by atoms with van der Waals surface area (Å²) >= 11 is 1.22. The minimum Gasteiger partial charge on any atom is -0.493 e. The zero-order valence-corrected chi connectivity index (χ0v) is 16.4. The zero-order valence-electron chi connectivity index (χ0n) is 15.6. The lowest BCUT2D eigenvalue weighted by molar-refractivity contribution is -0.119. The highest BCUT2D eigenvalue weighted by atomic mass is 32.1. The first kappa shape index (κ1) is 20.3. The first-order chi connectivity index (χ1) is 14.0. The van der Waals surface area contributed by atoms with E-state index < -0.39 is 5.91 Å². The molecule has 6 nitrogen and oxygen atoms in total. The van der Waals surface area contributed by atoms with Gasteiger partial charge in [0.25, 0.3) is 11.8 Å². The number of hydrogen-bond acceptors (Lipinski definition) is 5. The van der Waals surface area contributed by atoms with E-state index in [2.05, 4.69) is 5.32 Å². The molecule has 0 unspecified atom stereocenters. The van der Waals surface area contributed by atoms with Crippen molar-refractivity contribution in [2.75, 3.05) is 13.7 Å². The first-order valence-electron chi connectivity index (χ1n) is 8.69. The number of hydrogen-bond donors (Lipinski definition) is 2. The summed E-state index contributed by atoms with van der Waals surface area (Å²) in [6.07, 6.45) is 0. The van der Waals surface area contributed by atoms with Crippen LogP contribution in [0.25, 0.3) is 10.4 Å². The number of methoxy groups -OCH3 is 1. The number of benzene rings is 2. The van der Waals surface area contributed by atoms with Crippen LogP contribution in [0, 0.1) is 5.82 Å². The van der Waals surface area contributed by atoms with Crippen molar-refractivity contribution in [1.29, 1.82) is 0 Å². The molecule has 0 aliphatic carbocycles. The minimum absolute atomic E-state index is 0.255. The van der Waals surface area contributed by atoms with Gasteiger partial charge in [0.05, 0.1) is 12.0 Å². The number of primary amides is 1. The summed E-state index contributed by atoms with van der Waals surface area (Å²) in [6, 6.07) is 14.9. The molecule has 3 N–H and O–H groups in total. The molecule has 2 amide bonds. The molecule has 0 atom stereocenters. The number of nitrogens with one attached hydrogen (secondary N) is 1. The van der Waals surface area contributed by atoms with E-state index in [0.29, 0.717) is 26.8 Å². The zero-order chi connectivity index (χ0) is 20.8. The van der Waals surface area contributed by atoms with Crippen molar-refractivity contribution in [3.05, 3.63) is 70.9 Å². The minimum atomic E-state index is -0.589. The number of thiophene rings is 1. The molecule has 0 aliphatic heterocycles. The maximum atomic E-state index is 13.9. The molecule has 0 spiro atoms. The largest absolute Gasteiger partial charge is 0.493 e. The summed E-state index contributed by atoms with van der Waals surface area (Å²) in [5, 5.41) is 2.82. The Bertz CT molecular complexity index is 1040. The highest BCUT2D eigenvalue weighted by Gasteiger charge is 2.13. The number of ether oxygens (including phenoxy) is 2. The predicted molar refractivity (Wildman–Crippen MR) is 109 cm³/mol. The monoisotopic (exact) mass is 414 g/mol. The second-order valence-corrected chi connectivity index (χ2v) is 7.15. The third-order valence-electron chi connectivity index (χ3n) is 4.02. The van der Waals surface area contributed by atoms with Crippen LogP contribution in [-0.2, 0) is 11.3 Å². The maximum absolute atomic E-state index is 13.9. The Morgan fingerprint density at radius 3 is 2.62 bits per heavy atom. The predicted octanol–water partition coefficient (Wildman–Crippen LogP) is 3.36. The van der Waals surface area contributed by atoms with Crippen LogP contribution in [0.4, 0.5) is 4.39 Å². The summed E-state index contributed by atoms with van der Waals surface area (Å²) in [5.41, 5.74) is 6.32. The number of amides is 2. The van der Waals surface area contributed by atoms with E-state index in [1.165, 1.54) is 24.5 Å². The molecule has 29 heavy (non-hydrogen) atoms. The molecular formula is C21H19FN2O4S. The van der Waals surface area contributed by atoms with E-state index in [-0.39, 0.29) is 24.9 Å². The van der Waals surface area contributed by atoms with Crippen LogP contribution in [0.5, 0.6) is 11.5 Å². The number of carbonyl (C=O) groups is 2. The Morgan fingerprint density at radius 1 is 1.10 bits per heavy atom. The van der Waals surface area contributed by atoms with Gasteiger partial charge in [0.2, 0.25) is 0 Å². The van der Waals surface area contributed by atoms with E-state index in [1.54, 1.807) is 48.5 Å². The van der Waals surface area contributed by atoms with Crippen molar-refractivity contribution >= 4 is 23.2 Å². The molecule has 8 heteroatoms. The fourth-order valence-corrected chi connectivity index (χ4v) is 3.57. The van der Waals surface area contributed by atoms with Gasteiger partial charge in [-0.25, -0.2) is 4.39 Å².